The number of aromatic nitrogens is 2. The summed E-state index contributed by atoms with van der Waals surface area (Å²) in [5.74, 6) is -1.06. The molecule has 2 aromatic carbocycles. The molecule has 5 heteroatoms. The van der Waals surface area contributed by atoms with Gasteiger partial charge < -0.3 is 0 Å². The fourth-order valence-corrected chi connectivity index (χ4v) is 2.54. The number of halogens is 1. The van der Waals surface area contributed by atoms with Crippen LogP contribution in [0.15, 0.2) is 47.3 Å². The quantitative estimate of drug-likeness (QED) is 0.489. The number of fused-ring (bicyclic) bond motifs is 4. The van der Waals surface area contributed by atoms with E-state index in [1.54, 1.807) is 24.3 Å². The summed E-state index contributed by atoms with van der Waals surface area (Å²) in [6.07, 6.45) is 0. The lowest BCUT2D eigenvalue weighted by molar-refractivity contribution is 0.103. The van der Waals surface area contributed by atoms with Gasteiger partial charge in [-0.25, -0.2) is 9.37 Å². The Bertz CT molecular complexity index is 960. The van der Waals surface area contributed by atoms with E-state index in [0.29, 0.717) is 10.9 Å². The summed E-state index contributed by atoms with van der Waals surface area (Å²) < 4.78 is 15.0. The number of nitrogens with zero attached hydrogens (tertiary/aromatic N) is 2. The van der Waals surface area contributed by atoms with Crippen molar-refractivity contribution in [1.82, 2.24) is 9.55 Å². The van der Waals surface area contributed by atoms with Crippen molar-refractivity contribution in [3.05, 3.63) is 70.0 Å². The summed E-state index contributed by atoms with van der Waals surface area (Å²) in [5, 5.41) is 0.361. The summed E-state index contributed by atoms with van der Waals surface area (Å²) >= 11 is 0. The van der Waals surface area contributed by atoms with Gasteiger partial charge in [-0.15, -0.1) is 0 Å². The van der Waals surface area contributed by atoms with E-state index < -0.39 is 17.2 Å². The SMILES string of the molecule is O=C1c2cccc(F)c2-n2c1nc1ccccc1c2=O. The Morgan fingerprint density at radius 1 is 1.00 bits per heavy atom. The maximum Gasteiger partial charge on any atom is 0.266 e. The number of rotatable bonds is 0. The van der Waals surface area contributed by atoms with Crippen LogP contribution in [0.25, 0.3) is 16.6 Å². The largest absolute Gasteiger partial charge is 0.285 e. The minimum absolute atomic E-state index is 0.00393. The van der Waals surface area contributed by atoms with Crippen molar-refractivity contribution in [3.63, 3.8) is 0 Å². The highest BCUT2D eigenvalue weighted by molar-refractivity contribution is 6.13. The molecule has 1 aromatic heterocycles. The topological polar surface area (TPSA) is 52.0 Å². The van der Waals surface area contributed by atoms with Gasteiger partial charge in [-0.2, -0.15) is 0 Å². The minimum Gasteiger partial charge on any atom is -0.285 e. The van der Waals surface area contributed by atoms with E-state index in [4.69, 9.17) is 0 Å². The summed E-state index contributed by atoms with van der Waals surface area (Å²) in [7, 11) is 0. The maximum absolute atomic E-state index is 14.0. The van der Waals surface area contributed by atoms with Crippen LogP contribution in [0.5, 0.6) is 0 Å². The number of ketones is 1. The molecule has 0 spiro atoms. The fraction of sp³-hybridized carbons (Fsp3) is 0. The van der Waals surface area contributed by atoms with E-state index in [1.807, 2.05) is 0 Å². The molecule has 3 aromatic rings. The lowest BCUT2D eigenvalue weighted by atomic mass is 10.1. The Morgan fingerprint density at radius 2 is 1.80 bits per heavy atom. The summed E-state index contributed by atoms with van der Waals surface area (Å²) in [6.45, 7) is 0. The zero-order chi connectivity index (χ0) is 13.9. The number of para-hydroxylation sites is 2. The normalized spacial score (nSPS) is 12.6. The van der Waals surface area contributed by atoms with E-state index in [2.05, 4.69) is 4.98 Å². The Labute approximate surface area is 112 Å². The van der Waals surface area contributed by atoms with Crippen molar-refractivity contribution >= 4 is 16.7 Å². The molecule has 1 aliphatic rings. The average Bonchev–Trinajstić information content (AvgIpc) is 2.75. The molecule has 0 saturated heterocycles. The molecule has 0 fully saturated rings. The van der Waals surface area contributed by atoms with Crippen molar-refractivity contribution in [2.45, 2.75) is 0 Å². The van der Waals surface area contributed by atoms with Crippen LogP contribution in [-0.2, 0) is 0 Å². The highest BCUT2D eigenvalue weighted by Gasteiger charge is 2.32. The van der Waals surface area contributed by atoms with Crippen LogP contribution in [0.1, 0.15) is 16.2 Å². The fourth-order valence-electron chi connectivity index (χ4n) is 2.54. The summed E-state index contributed by atoms with van der Waals surface area (Å²) in [4.78, 5) is 28.9. The molecule has 0 N–H and O–H groups in total. The lowest BCUT2D eigenvalue weighted by Gasteiger charge is -2.05. The second kappa shape index (κ2) is 3.60. The van der Waals surface area contributed by atoms with Crippen LogP contribution in [0.2, 0.25) is 0 Å². The number of hydrogen-bond donors (Lipinski definition) is 0. The molecule has 0 unspecified atom stereocenters. The monoisotopic (exact) mass is 266 g/mol. The Kier molecular flexibility index (Phi) is 1.99. The van der Waals surface area contributed by atoms with Gasteiger partial charge in [-0.1, -0.05) is 18.2 Å². The lowest BCUT2D eigenvalue weighted by Crippen LogP contribution is -2.22. The first kappa shape index (κ1) is 11.0. The van der Waals surface area contributed by atoms with Gasteiger partial charge >= 0.3 is 0 Å². The van der Waals surface area contributed by atoms with Crippen molar-refractivity contribution in [2.75, 3.05) is 0 Å². The van der Waals surface area contributed by atoms with Crippen LogP contribution in [0.3, 0.4) is 0 Å². The van der Waals surface area contributed by atoms with E-state index in [1.165, 1.54) is 18.2 Å². The third kappa shape index (κ3) is 1.21. The number of carbonyl (C=O) groups is 1. The molecule has 0 atom stereocenters. The number of carbonyl (C=O) groups excluding carboxylic acids is 1. The molecule has 0 radical (unpaired) electrons. The average molecular weight is 266 g/mol. The van der Waals surface area contributed by atoms with Gasteiger partial charge in [0.1, 0.15) is 5.82 Å². The van der Waals surface area contributed by atoms with Crippen molar-refractivity contribution in [1.29, 1.82) is 0 Å². The van der Waals surface area contributed by atoms with Gasteiger partial charge in [0.05, 0.1) is 22.2 Å². The Morgan fingerprint density at radius 3 is 2.65 bits per heavy atom. The molecule has 0 saturated carbocycles. The van der Waals surface area contributed by atoms with Gasteiger partial charge in [-0.05, 0) is 24.3 Å². The predicted octanol–water partition coefficient (Wildman–Crippen LogP) is 2.07. The van der Waals surface area contributed by atoms with Gasteiger partial charge in [0, 0.05) is 0 Å². The van der Waals surface area contributed by atoms with Gasteiger partial charge in [0.2, 0.25) is 5.78 Å². The predicted molar refractivity (Wildman–Crippen MR) is 70.7 cm³/mol. The first-order valence-electron chi connectivity index (χ1n) is 6.04. The zero-order valence-electron chi connectivity index (χ0n) is 10.1. The van der Waals surface area contributed by atoms with Crippen LogP contribution in [0, 0.1) is 5.82 Å². The molecule has 1 aliphatic heterocycles. The second-order valence-electron chi connectivity index (χ2n) is 4.56. The maximum atomic E-state index is 14.0. The van der Waals surface area contributed by atoms with Crippen LogP contribution < -0.4 is 5.56 Å². The number of benzene rings is 2. The first-order chi connectivity index (χ1) is 9.68. The molecule has 4 nitrogen and oxygen atoms in total. The third-order valence-electron chi connectivity index (χ3n) is 3.43. The Balaban J connectivity index is 2.25. The third-order valence-corrected chi connectivity index (χ3v) is 3.43. The highest BCUT2D eigenvalue weighted by atomic mass is 19.1. The van der Waals surface area contributed by atoms with E-state index in [-0.39, 0.29) is 17.1 Å². The van der Waals surface area contributed by atoms with E-state index in [0.717, 1.165) is 4.57 Å². The molecular formula is C15H7FN2O2. The Hall–Kier alpha value is -2.82. The number of hydrogen-bond acceptors (Lipinski definition) is 3. The summed E-state index contributed by atoms with van der Waals surface area (Å²) in [5.41, 5.74) is 0.175. The molecule has 4 rings (SSSR count). The molecular weight excluding hydrogens is 259 g/mol. The van der Waals surface area contributed by atoms with E-state index >= 15 is 0 Å². The van der Waals surface area contributed by atoms with Gasteiger partial charge in [0.25, 0.3) is 5.56 Å². The first-order valence-corrected chi connectivity index (χ1v) is 6.04. The van der Waals surface area contributed by atoms with Crippen molar-refractivity contribution in [3.8, 4) is 5.69 Å². The molecule has 0 aliphatic carbocycles. The standard InChI is InChI=1S/C15H7FN2O2/c16-10-6-3-5-9-12(10)18-14(13(9)19)17-11-7-2-1-4-8(11)15(18)20/h1-7H. The summed E-state index contributed by atoms with van der Waals surface area (Å²) in [6, 6.07) is 10.9. The molecule has 2 heterocycles. The minimum atomic E-state index is -0.603. The van der Waals surface area contributed by atoms with Crippen LogP contribution >= 0.6 is 0 Å². The smallest absolute Gasteiger partial charge is 0.266 e. The van der Waals surface area contributed by atoms with Crippen molar-refractivity contribution < 1.29 is 9.18 Å². The van der Waals surface area contributed by atoms with Crippen LogP contribution in [0.4, 0.5) is 4.39 Å². The van der Waals surface area contributed by atoms with Crippen molar-refractivity contribution in [2.24, 2.45) is 0 Å². The van der Waals surface area contributed by atoms with Gasteiger partial charge in [0.15, 0.2) is 5.82 Å². The molecule has 20 heavy (non-hydrogen) atoms. The molecule has 0 bridgehead atoms. The second-order valence-corrected chi connectivity index (χ2v) is 4.56. The van der Waals surface area contributed by atoms with Gasteiger partial charge in [-0.3, -0.25) is 14.2 Å². The zero-order valence-corrected chi connectivity index (χ0v) is 10.1. The van der Waals surface area contributed by atoms with E-state index in [9.17, 15) is 14.0 Å². The highest BCUT2D eigenvalue weighted by Crippen LogP contribution is 2.28. The molecule has 96 valence electrons. The molecule has 0 amide bonds. The van der Waals surface area contributed by atoms with Crippen LogP contribution in [-0.4, -0.2) is 15.3 Å².